The maximum Gasteiger partial charge on any atom is 0.224 e. The van der Waals surface area contributed by atoms with Gasteiger partial charge < -0.3 is 15.5 Å². The SMILES string of the molecule is C[C@@H](CC(=O)N1CCCCCC1)Nc1ccc2c(c1)CCC(=O)N2. The van der Waals surface area contributed by atoms with Crippen LogP contribution in [0.25, 0.3) is 0 Å². The van der Waals surface area contributed by atoms with Gasteiger partial charge in [0.1, 0.15) is 0 Å². The molecule has 1 atom stereocenters. The Hall–Kier alpha value is -2.04. The first-order valence-electron chi connectivity index (χ1n) is 9.09. The average Bonchev–Trinajstić information content (AvgIpc) is 2.84. The predicted octanol–water partition coefficient (Wildman–Crippen LogP) is 3.16. The standard InChI is InChI=1S/C19H27N3O2/c1-14(12-19(24)22-10-4-2-3-5-11-22)20-16-7-8-17-15(13-16)6-9-18(23)21-17/h7-8,13-14,20H,2-6,9-12H2,1H3,(H,21,23)/t14-/m0/s1. The number of likely N-dealkylation sites (tertiary alicyclic amines) is 1. The van der Waals surface area contributed by atoms with Crippen LogP contribution in [0.4, 0.5) is 11.4 Å². The largest absolute Gasteiger partial charge is 0.382 e. The normalized spacial score (nSPS) is 19.0. The maximum atomic E-state index is 12.5. The molecule has 5 heteroatoms. The fourth-order valence-electron chi connectivity index (χ4n) is 3.52. The predicted molar refractivity (Wildman–Crippen MR) is 96.1 cm³/mol. The van der Waals surface area contributed by atoms with Crippen molar-refractivity contribution in [2.75, 3.05) is 23.7 Å². The number of benzene rings is 1. The molecule has 1 aromatic rings. The molecular weight excluding hydrogens is 302 g/mol. The van der Waals surface area contributed by atoms with Crippen LogP contribution < -0.4 is 10.6 Å². The van der Waals surface area contributed by atoms with Crippen molar-refractivity contribution < 1.29 is 9.59 Å². The summed E-state index contributed by atoms with van der Waals surface area (Å²) in [5, 5.41) is 6.32. The summed E-state index contributed by atoms with van der Waals surface area (Å²) in [6.45, 7) is 3.87. The Kier molecular flexibility index (Phi) is 5.38. The zero-order valence-electron chi connectivity index (χ0n) is 14.4. The maximum absolute atomic E-state index is 12.5. The summed E-state index contributed by atoms with van der Waals surface area (Å²) >= 11 is 0. The molecule has 2 N–H and O–H groups in total. The minimum atomic E-state index is 0.0830. The van der Waals surface area contributed by atoms with Crippen molar-refractivity contribution in [1.82, 2.24) is 4.90 Å². The molecule has 2 heterocycles. The molecule has 1 aromatic carbocycles. The number of hydrogen-bond donors (Lipinski definition) is 2. The highest BCUT2D eigenvalue weighted by Gasteiger charge is 2.19. The zero-order chi connectivity index (χ0) is 16.9. The molecule has 130 valence electrons. The van der Waals surface area contributed by atoms with E-state index in [0.717, 1.165) is 49.3 Å². The molecule has 1 fully saturated rings. The number of nitrogens with one attached hydrogen (secondary N) is 2. The van der Waals surface area contributed by atoms with Crippen LogP contribution in [0.2, 0.25) is 0 Å². The lowest BCUT2D eigenvalue weighted by molar-refractivity contribution is -0.131. The quantitative estimate of drug-likeness (QED) is 0.892. The van der Waals surface area contributed by atoms with E-state index in [1.807, 2.05) is 17.0 Å². The molecule has 2 amide bonds. The number of carbonyl (C=O) groups is 2. The smallest absolute Gasteiger partial charge is 0.224 e. The van der Waals surface area contributed by atoms with Gasteiger partial charge in [-0.05, 0) is 49.9 Å². The van der Waals surface area contributed by atoms with Crippen molar-refractivity contribution in [2.45, 2.75) is 57.9 Å². The Morgan fingerprint density at radius 3 is 2.71 bits per heavy atom. The third-order valence-corrected chi connectivity index (χ3v) is 4.85. The van der Waals surface area contributed by atoms with Gasteiger partial charge in [-0.25, -0.2) is 0 Å². The van der Waals surface area contributed by atoms with Crippen molar-refractivity contribution in [1.29, 1.82) is 0 Å². The van der Waals surface area contributed by atoms with Crippen LogP contribution in [0.5, 0.6) is 0 Å². The van der Waals surface area contributed by atoms with Crippen molar-refractivity contribution >= 4 is 23.2 Å². The van der Waals surface area contributed by atoms with Gasteiger partial charge in [-0.2, -0.15) is 0 Å². The van der Waals surface area contributed by atoms with E-state index in [-0.39, 0.29) is 17.9 Å². The molecule has 2 aliphatic rings. The summed E-state index contributed by atoms with van der Waals surface area (Å²) in [7, 11) is 0. The number of nitrogens with zero attached hydrogens (tertiary/aromatic N) is 1. The summed E-state index contributed by atoms with van der Waals surface area (Å²) in [6, 6.07) is 6.09. The van der Waals surface area contributed by atoms with Gasteiger partial charge in [0.2, 0.25) is 11.8 Å². The highest BCUT2D eigenvalue weighted by Crippen LogP contribution is 2.26. The molecule has 0 bridgehead atoms. The fourth-order valence-corrected chi connectivity index (χ4v) is 3.52. The second kappa shape index (κ2) is 7.69. The average molecular weight is 329 g/mol. The number of rotatable bonds is 4. The van der Waals surface area contributed by atoms with Crippen LogP contribution in [0, 0.1) is 0 Å². The van der Waals surface area contributed by atoms with E-state index in [4.69, 9.17) is 0 Å². The van der Waals surface area contributed by atoms with Crippen LogP contribution in [0.15, 0.2) is 18.2 Å². The Bertz CT molecular complexity index is 607. The molecule has 0 radical (unpaired) electrons. The molecule has 0 unspecified atom stereocenters. The lowest BCUT2D eigenvalue weighted by Crippen LogP contribution is -2.35. The summed E-state index contributed by atoms with van der Waals surface area (Å²) in [4.78, 5) is 25.9. The zero-order valence-corrected chi connectivity index (χ0v) is 14.4. The number of aryl methyl sites for hydroxylation is 1. The van der Waals surface area contributed by atoms with Gasteiger partial charge in [0.25, 0.3) is 0 Å². The van der Waals surface area contributed by atoms with Crippen molar-refractivity contribution in [3.63, 3.8) is 0 Å². The van der Waals surface area contributed by atoms with E-state index in [1.54, 1.807) is 0 Å². The highest BCUT2D eigenvalue weighted by atomic mass is 16.2. The number of amides is 2. The van der Waals surface area contributed by atoms with Gasteiger partial charge >= 0.3 is 0 Å². The molecule has 2 aliphatic heterocycles. The first kappa shape index (κ1) is 16.8. The molecule has 5 nitrogen and oxygen atoms in total. The van der Waals surface area contributed by atoms with Crippen LogP contribution >= 0.6 is 0 Å². The fraction of sp³-hybridized carbons (Fsp3) is 0.579. The van der Waals surface area contributed by atoms with Crippen LogP contribution in [-0.2, 0) is 16.0 Å². The second-order valence-electron chi connectivity index (χ2n) is 6.96. The van der Waals surface area contributed by atoms with E-state index in [1.165, 1.54) is 12.8 Å². The highest BCUT2D eigenvalue weighted by molar-refractivity contribution is 5.94. The lowest BCUT2D eigenvalue weighted by Gasteiger charge is -2.24. The summed E-state index contributed by atoms with van der Waals surface area (Å²) in [6.07, 6.45) is 6.58. The molecular formula is C19H27N3O2. The van der Waals surface area contributed by atoms with Gasteiger partial charge in [0.15, 0.2) is 0 Å². The van der Waals surface area contributed by atoms with E-state index < -0.39 is 0 Å². The topological polar surface area (TPSA) is 61.4 Å². The summed E-state index contributed by atoms with van der Waals surface area (Å²) in [5.41, 5.74) is 3.08. The summed E-state index contributed by atoms with van der Waals surface area (Å²) < 4.78 is 0. The molecule has 1 saturated heterocycles. The Morgan fingerprint density at radius 1 is 1.21 bits per heavy atom. The molecule has 0 aromatic heterocycles. The van der Waals surface area contributed by atoms with E-state index >= 15 is 0 Å². The van der Waals surface area contributed by atoms with E-state index in [9.17, 15) is 9.59 Å². The van der Waals surface area contributed by atoms with Gasteiger partial charge in [0, 0.05) is 43.3 Å². The van der Waals surface area contributed by atoms with Crippen molar-refractivity contribution in [2.24, 2.45) is 0 Å². The van der Waals surface area contributed by atoms with Gasteiger partial charge in [0.05, 0.1) is 0 Å². The van der Waals surface area contributed by atoms with Crippen LogP contribution in [0.3, 0.4) is 0 Å². The number of carbonyl (C=O) groups excluding carboxylic acids is 2. The second-order valence-corrected chi connectivity index (χ2v) is 6.96. The van der Waals surface area contributed by atoms with E-state index in [0.29, 0.717) is 12.8 Å². The third-order valence-electron chi connectivity index (χ3n) is 4.85. The number of anilines is 2. The molecule has 0 spiro atoms. The number of hydrogen-bond acceptors (Lipinski definition) is 3. The summed E-state index contributed by atoms with van der Waals surface area (Å²) in [5.74, 6) is 0.335. The van der Waals surface area contributed by atoms with Crippen molar-refractivity contribution in [3.8, 4) is 0 Å². The van der Waals surface area contributed by atoms with Gasteiger partial charge in [-0.15, -0.1) is 0 Å². The van der Waals surface area contributed by atoms with Gasteiger partial charge in [-0.1, -0.05) is 12.8 Å². The minimum Gasteiger partial charge on any atom is -0.382 e. The van der Waals surface area contributed by atoms with Gasteiger partial charge in [-0.3, -0.25) is 9.59 Å². The third kappa shape index (κ3) is 4.28. The van der Waals surface area contributed by atoms with Crippen molar-refractivity contribution in [3.05, 3.63) is 23.8 Å². The molecule has 0 aliphatic carbocycles. The van der Waals surface area contributed by atoms with E-state index in [2.05, 4.69) is 23.6 Å². The minimum absolute atomic E-state index is 0.0830. The molecule has 0 saturated carbocycles. The molecule has 3 rings (SSSR count). The number of fused-ring (bicyclic) bond motifs is 1. The first-order chi connectivity index (χ1) is 11.6. The Balaban J connectivity index is 1.55. The lowest BCUT2D eigenvalue weighted by atomic mass is 10.0. The first-order valence-corrected chi connectivity index (χ1v) is 9.09. The monoisotopic (exact) mass is 329 g/mol. The Labute approximate surface area is 143 Å². The van der Waals surface area contributed by atoms with Crippen LogP contribution in [-0.4, -0.2) is 35.8 Å². The van der Waals surface area contributed by atoms with Crippen LogP contribution in [0.1, 0.15) is 51.0 Å². The Morgan fingerprint density at radius 2 is 1.96 bits per heavy atom. The molecule has 24 heavy (non-hydrogen) atoms.